The van der Waals surface area contributed by atoms with Gasteiger partial charge in [-0.1, -0.05) is 11.6 Å². The van der Waals surface area contributed by atoms with Crippen molar-refractivity contribution >= 4 is 28.6 Å². The zero-order valence-electron chi connectivity index (χ0n) is 11.6. The summed E-state index contributed by atoms with van der Waals surface area (Å²) in [6.07, 6.45) is 1.37. The molecule has 8 heteroatoms. The first-order valence-corrected chi connectivity index (χ1v) is 7.06. The SMILES string of the molecule is CCOC(=O)c1cn(C2COC2)c2nc(Cl)c(F)cc2c1=O. The van der Waals surface area contributed by atoms with E-state index < -0.39 is 17.2 Å². The van der Waals surface area contributed by atoms with Crippen LogP contribution in [0.1, 0.15) is 23.3 Å². The maximum atomic E-state index is 13.7. The van der Waals surface area contributed by atoms with Gasteiger partial charge in [0, 0.05) is 6.20 Å². The second-order valence-electron chi connectivity index (χ2n) is 4.82. The van der Waals surface area contributed by atoms with Crippen molar-refractivity contribution in [2.45, 2.75) is 13.0 Å². The van der Waals surface area contributed by atoms with Crippen molar-refractivity contribution in [1.82, 2.24) is 9.55 Å². The molecule has 2 aromatic heterocycles. The number of pyridine rings is 2. The summed E-state index contributed by atoms with van der Waals surface area (Å²) in [7, 11) is 0. The van der Waals surface area contributed by atoms with E-state index in [4.69, 9.17) is 21.1 Å². The number of halogens is 2. The molecule has 1 aliphatic rings. The maximum absolute atomic E-state index is 13.7. The Hall–Kier alpha value is -1.99. The van der Waals surface area contributed by atoms with Crippen molar-refractivity contribution in [2.24, 2.45) is 0 Å². The van der Waals surface area contributed by atoms with E-state index in [2.05, 4.69) is 4.98 Å². The summed E-state index contributed by atoms with van der Waals surface area (Å²) in [6.45, 7) is 2.60. The lowest BCUT2D eigenvalue weighted by Gasteiger charge is -2.29. The van der Waals surface area contributed by atoms with Crippen molar-refractivity contribution in [1.29, 1.82) is 0 Å². The lowest BCUT2D eigenvalue weighted by molar-refractivity contribution is -0.0220. The molecule has 0 aromatic carbocycles. The number of hydrogen-bond donors (Lipinski definition) is 0. The number of esters is 1. The van der Waals surface area contributed by atoms with Crippen LogP contribution >= 0.6 is 11.6 Å². The highest BCUT2D eigenvalue weighted by atomic mass is 35.5. The Morgan fingerprint density at radius 2 is 2.32 bits per heavy atom. The molecule has 0 spiro atoms. The molecule has 1 saturated heterocycles. The highest BCUT2D eigenvalue weighted by Crippen LogP contribution is 2.24. The van der Waals surface area contributed by atoms with Crippen molar-refractivity contribution in [3.63, 3.8) is 0 Å². The molecule has 0 radical (unpaired) electrons. The standard InChI is InChI=1S/C14H12ClFN2O4/c1-2-22-14(20)9-4-18(7-5-21-6-7)13-8(11(9)19)3-10(16)12(15)17-13/h3-4,7H,2,5-6H2,1H3. The summed E-state index contributed by atoms with van der Waals surface area (Å²) in [6, 6.07) is 0.900. The molecular formula is C14H12ClFN2O4. The molecule has 0 atom stereocenters. The molecule has 2 aromatic rings. The van der Waals surface area contributed by atoms with E-state index in [1.807, 2.05) is 0 Å². The van der Waals surface area contributed by atoms with Crippen LogP contribution in [0.15, 0.2) is 17.1 Å². The first-order valence-electron chi connectivity index (χ1n) is 6.68. The first kappa shape index (κ1) is 14.9. The number of carbonyl (C=O) groups excluding carboxylic acids is 1. The van der Waals surface area contributed by atoms with Crippen molar-refractivity contribution in [3.8, 4) is 0 Å². The van der Waals surface area contributed by atoms with Gasteiger partial charge in [-0.05, 0) is 13.0 Å². The van der Waals surface area contributed by atoms with Gasteiger partial charge in [-0.2, -0.15) is 0 Å². The Balaban J connectivity index is 2.30. The van der Waals surface area contributed by atoms with Crippen LogP contribution in [0.5, 0.6) is 0 Å². The van der Waals surface area contributed by atoms with Crippen LogP contribution in [0, 0.1) is 5.82 Å². The Kier molecular flexibility index (Phi) is 3.84. The van der Waals surface area contributed by atoms with E-state index in [9.17, 15) is 14.0 Å². The van der Waals surface area contributed by atoms with Gasteiger partial charge in [0.2, 0.25) is 5.43 Å². The molecule has 0 unspecified atom stereocenters. The molecule has 0 N–H and O–H groups in total. The number of ether oxygens (including phenoxy) is 2. The summed E-state index contributed by atoms with van der Waals surface area (Å²) in [5.41, 5.74) is -0.574. The average Bonchev–Trinajstić information content (AvgIpc) is 2.42. The van der Waals surface area contributed by atoms with Gasteiger partial charge in [0.15, 0.2) is 11.0 Å². The Morgan fingerprint density at radius 1 is 1.59 bits per heavy atom. The maximum Gasteiger partial charge on any atom is 0.343 e. The van der Waals surface area contributed by atoms with Gasteiger partial charge >= 0.3 is 5.97 Å². The van der Waals surface area contributed by atoms with Gasteiger partial charge in [-0.3, -0.25) is 4.79 Å². The lowest BCUT2D eigenvalue weighted by atomic mass is 10.1. The van der Waals surface area contributed by atoms with Gasteiger partial charge in [0.05, 0.1) is 31.2 Å². The largest absolute Gasteiger partial charge is 0.462 e. The predicted molar refractivity (Wildman–Crippen MR) is 76.8 cm³/mol. The van der Waals surface area contributed by atoms with Gasteiger partial charge in [0.1, 0.15) is 11.2 Å². The Bertz CT molecular complexity index is 817. The molecule has 116 valence electrons. The summed E-state index contributed by atoms with van der Waals surface area (Å²) >= 11 is 5.71. The third-order valence-corrected chi connectivity index (χ3v) is 3.69. The van der Waals surface area contributed by atoms with Crippen LogP contribution < -0.4 is 5.43 Å². The highest BCUT2D eigenvalue weighted by molar-refractivity contribution is 6.29. The molecule has 22 heavy (non-hydrogen) atoms. The number of rotatable bonds is 3. The Labute approximate surface area is 129 Å². The number of nitrogens with zero attached hydrogens (tertiary/aromatic N) is 2. The van der Waals surface area contributed by atoms with Gasteiger partial charge in [0.25, 0.3) is 0 Å². The molecule has 1 aliphatic heterocycles. The summed E-state index contributed by atoms with van der Waals surface area (Å²) in [4.78, 5) is 28.3. The number of fused-ring (bicyclic) bond motifs is 1. The number of hydrogen-bond acceptors (Lipinski definition) is 5. The van der Waals surface area contributed by atoms with E-state index in [0.717, 1.165) is 6.07 Å². The minimum atomic E-state index is -0.816. The van der Waals surface area contributed by atoms with Gasteiger partial charge < -0.3 is 14.0 Å². The highest BCUT2D eigenvalue weighted by Gasteiger charge is 2.26. The van der Waals surface area contributed by atoms with Crippen LogP contribution in [-0.4, -0.2) is 35.3 Å². The molecule has 0 amide bonds. The average molecular weight is 327 g/mol. The van der Waals surface area contributed by atoms with Crippen LogP contribution in [-0.2, 0) is 9.47 Å². The fraction of sp³-hybridized carbons (Fsp3) is 0.357. The summed E-state index contributed by atoms with van der Waals surface area (Å²) in [5, 5.41) is -0.343. The minimum Gasteiger partial charge on any atom is -0.462 e. The number of carbonyl (C=O) groups is 1. The fourth-order valence-corrected chi connectivity index (χ4v) is 2.38. The lowest BCUT2D eigenvalue weighted by Crippen LogP contribution is -2.33. The molecular weight excluding hydrogens is 315 g/mol. The van der Waals surface area contributed by atoms with Crippen molar-refractivity contribution in [2.75, 3.05) is 19.8 Å². The van der Waals surface area contributed by atoms with E-state index >= 15 is 0 Å². The molecule has 1 fully saturated rings. The van der Waals surface area contributed by atoms with E-state index in [1.54, 1.807) is 11.5 Å². The fourth-order valence-electron chi connectivity index (χ4n) is 2.24. The van der Waals surface area contributed by atoms with E-state index in [-0.39, 0.29) is 34.4 Å². The second-order valence-corrected chi connectivity index (χ2v) is 5.18. The van der Waals surface area contributed by atoms with Crippen LogP contribution in [0.2, 0.25) is 5.15 Å². The smallest absolute Gasteiger partial charge is 0.343 e. The second kappa shape index (κ2) is 5.66. The molecule has 6 nitrogen and oxygen atoms in total. The molecule has 0 aliphatic carbocycles. The molecule has 3 heterocycles. The molecule has 3 rings (SSSR count). The summed E-state index contributed by atoms with van der Waals surface area (Å²) in [5.74, 6) is -1.57. The normalized spacial score (nSPS) is 14.9. The monoisotopic (exact) mass is 326 g/mol. The van der Waals surface area contributed by atoms with Crippen molar-refractivity contribution < 1.29 is 18.7 Å². The van der Waals surface area contributed by atoms with Crippen LogP contribution in [0.3, 0.4) is 0 Å². The zero-order valence-corrected chi connectivity index (χ0v) is 12.4. The van der Waals surface area contributed by atoms with Gasteiger partial charge in [-0.25, -0.2) is 14.2 Å². The summed E-state index contributed by atoms with van der Waals surface area (Å²) < 4.78 is 25.3. The van der Waals surface area contributed by atoms with Crippen LogP contribution in [0.25, 0.3) is 11.0 Å². The third-order valence-electron chi connectivity index (χ3n) is 3.42. The van der Waals surface area contributed by atoms with Gasteiger partial charge in [-0.15, -0.1) is 0 Å². The minimum absolute atomic E-state index is 0.0145. The first-order chi connectivity index (χ1) is 10.5. The van der Waals surface area contributed by atoms with E-state index in [0.29, 0.717) is 13.2 Å². The predicted octanol–water partition coefficient (Wildman–Crippen LogP) is 1.94. The third kappa shape index (κ3) is 2.36. The van der Waals surface area contributed by atoms with Crippen LogP contribution in [0.4, 0.5) is 4.39 Å². The topological polar surface area (TPSA) is 70.4 Å². The number of aromatic nitrogens is 2. The Morgan fingerprint density at radius 3 is 2.91 bits per heavy atom. The van der Waals surface area contributed by atoms with Crippen molar-refractivity contribution in [3.05, 3.63) is 39.0 Å². The molecule has 0 bridgehead atoms. The zero-order chi connectivity index (χ0) is 15.9. The quantitative estimate of drug-likeness (QED) is 0.637. The van der Waals surface area contributed by atoms with E-state index in [1.165, 1.54) is 6.20 Å². The molecule has 0 saturated carbocycles.